The first-order chi connectivity index (χ1) is 8.41. The molecule has 0 aliphatic heterocycles. The van der Waals surface area contributed by atoms with Crippen molar-refractivity contribution in [1.29, 1.82) is 0 Å². The molecule has 0 radical (unpaired) electrons. The van der Waals surface area contributed by atoms with E-state index in [2.05, 4.69) is 18.0 Å². The van der Waals surface area contributed by atoms with Crippen molar-refractivity contribution in [2.45, 2.75) is 26.7 Å². The monoisotopic (exact) mass is 261 g/mol. The molecule has 2 unspecified atom stereocenters. The number of benzene rings is 1. The van der Waals surface area contributed by atoms with Crippen LogP contribution in [0.25, 0.3) is 10.2 Å². The highest BCUT2D eigenvalue weighted by Gasteiger charge is 2.64. The van der Waals surface area contributed by atoms with E-state index >= 15 is 0 Å². The third kappa shape index (κ3) is 1.56. The summed E-state index contributed by atoms with van der Waals surface area (Å²) in [6.45, 7) is 6.07. The summed E-state index contributed by atoms with van der Waals surface area (Å²) in [5, 5.41) is 10.2. The van der Waals surface area contributed by atoms with E-state index in [1.165, 1.54) is 5.56 Å². The van der Waals surface area contributed by atoms with Crippen LogP contribution < -0.4 is 0 Å². The van der Waals surface area contributed by atoms with Crippen molar-refractivity contribution in [2.75, 3.05) is 0 Å². The maximum absolute atomic E-state index is 11.2. The molecule has 2 aromatic rings. The summed E-state index contributed by atoms with van der Waals surface area (Å²) in [6, 6.07) is 6.16. The first kappa shape index (κ1) is 11.7. The number of carboxylic acid groups (broad SMARTS) is 1. The van der Waals surface area contributed by atoms with Crippen molar-refractivity contribution >= 4 is 27.5 Å². The quantitative estimate of drug-likeness (QED) is 0.901. The lowest BCUT2D eigenvalue weighted by molar-refractivity contribution is -0.139. The third-order valence-corrected chi connectivity index (χ3v) is 5.02. The molecule has 2 atom stereocenters. The fourth-order valence-corrected chi connectivity index (χ4v) is 4.14. The number of carboxylic acids is 1. The van der Waals surface area contributed by atoms with Gasteiger partial charge in [-0.15, -0.1) is 11.3 Å². The van der Waals surface area contributed by atoms with Crippen LogP contribution in [0.5, 0.6) is 0 Å². The Morgan fingerprint density at radius 2 is 2.17 bits per heavy atom. The lowest BCUT2D eigenvalue weighted by Gasteiger charge is -1.97. The molecule has 0 bridgehead atoms. The number of hydrogen-bond donors (Lipinski definition) is 1. The lowest BCUT2D eigenvalue weighted by atomic mass is 10.1. The zero-order chi connectivity index (χ0) is 13.1. The van der Waals surface area contributed by atoms with E-state index in [9.17, 15) is 9.90 Å². The average Bonchev–Trinajstić information content (AvgIpc) is 2.66. The van der Waals surface area contributed by atoms with Gasteiger partial charge in [-0.3, -0.25) is 4.79 Å². The third-order valence-electron chi connectivity index (χ3n) is 3.92. The number of rotatable bonds is 2. The summed E-state index contributed by atoms with van der Waals surface area (Å²) in [6.07, 6.45) is 0. The average molecular weight is 261 g/mol. The number of carbonyl (C=O) groups is 1. The van der Waals surface area contributed by atoms with Crippen LogP contribution in [-0.4, -0.2) is 16.1 Å². The number of aryl methyl sites for hydroxylation is 1. The van der Waals surface area contributed by atoms with Gasteiger partial charge in [-0.25, -0.2) is 4.98 Å². The number of nitrogens with zero attached hydrogens (tertiary/aromatic N) is 1. The Morgan fingerprint density at radius 1 is 1.44 bits per heavy atom. The van der Waals surface area contributed by atoms with Crippen LogP contribution in [0.15, 0.2) is 18.2 Å². The van der Waals surface area contributed by atoms with Crippen molar-refractivity contribution in [3.05, 3.63) is 28.8 Å². The second-order valence-corrected chi connectivity index (χ2v) is 6.70. The summed E-state index contributed by atoms with van der Waals surface area (Å²) >= 11 is 1.63. The molecule has 1 aliphatic rings. The molecule has 1 aromatic heterocycles. The predicted molar refractivity (Wildman–Crippen MR) is 72.0 cm³/mol. The fraction of sp³-hybridized carbons (Fsp3) is 0.429. The van der Waals surface area contributed by atoms with Gasteiger partial charge in [0.1, 0.15) is 0 Å². The molecule has 3 rings (SSSR count). The van der Waals surface area contributed by atoms with E-state index in [4.69, 9.17) is 0 Å². The smallest absolute Gasteiger partial charge is 0.307 e. The van der Waals surface area contributed by atoms with Gasteiger partial charge in [0.2, 0.25) is 0 Å². The van der Waals surface area contributed by atoms with Crippen LogP contribution in [-0.2, 0) is 4.79 Å². The fourth-order valence-electron chi connectivity index (χ4n) is 2.74. The zero-order valence-corrected chi connectivity index (χ0v) is 11.4. The van der Waals surface area contributed by atoms with Gasteiger partial charge in [-0.2, -0.15) is 0 Å². The molecule has 0 saturated heterocycles. The van der Waals surface area contributed by atoms with Gasteiger partial charge < -0.3 is 5.11 Å². The van der Waals surface area contributed by atoms with Crippen LogP contribution >= 0.6 is 11.3 Å². The van der Waals surface area contributed by atoms with E-state index < -0.39 is 5.97 Å². The lowest BCUT2D eigenvalue weighted by Crippen LogP contribution is -2.03. The van der Waals surface area contributed by atoms with E-state index in [-0.39, 0.29) is 17.3 Å². The minimum absolute atomic E-state index is 0.0627. The molecular weight excluding hydrogens is 246 g/mol. The van der Waals surface area contributed by atoms with E-state index in [1.54, 1.807) is 11.3 Å². The molecule has 1 heterocycles. The molecule has 1 saturated carbocycles. The van der Waals surface area contributed by atoms with Gasteiger partial charge in [0.25, 0.3) is 0 Å². The van der Waals surface area contributed by atoms with Crippen molar-refractivity contribution < 1.29 is 9.90 Å². The standard InChI is InChI=1S/C14H15NO2S/c1-7-4-5-8-9(6-7)18-12(15-8)10-11(13(16)17)14(10,2)3/h4-6,10-11H,1-3H3,(H,16,17). The van der Waals surface area contributed by atoms with Gasteiger partial charge in [-0.05, 0) is 30.0 Å². The Hall–Kier alpha value is -1.42. The minimum atomic E-state index is -0.708. The molecular formula is C14H15NO2S. The van der Waals surface area contributed by atoms with Crippen molar-refractivity contribution in [3.8, 4) is 0 Å². The van der Waals surface area contributed by atoms with Crippen LogP contribution in [0.1, 0.15) is 30.3 Å². The highest BCUT2D eigenvalue weighted by molar-refractivity contribution is 7.18. The molecule has 18 heavy (non-hydrogen) atoms. The Kier molecular flexibility index (Phi) is 2.29. The zero-order valence-electron chi connectivity index (χ0n) is 10.6. The predicted octanol–water partition coefficient (Wildman–Crippen LogP) is 3.43. The SMILES string of the molecule is Cc1ccc2nc(C3C(C(=O)O)C3(C)C)sc2c1. The molecule has 1 aliphatic carbocycles. The van der Waals surface area contributed by atoms with Crippen molar-refractivity contribution in [2.24, 2.45) is 11.3 Å². The van der Waals surface area contributed by atoms with Crippen LogP contribution in [0.3, 0.4) is 0 Å². The molecule has 4 heteroatoms. The van der Waals surface area contributed by atoms with Crippen molar-refractivity contribution in [3.63, 3.8) is 0 Å². The summed E-state index contributed by atoms with van der Waals surface area (Å²) in [5.74, 6) is -0.938. The Labute approximate surface area is 109 Å². The number of aromatic nitrogens is 1. The molecule has 1 aromatic carbocycles. The minimum Gasteiger partial charge on any atom is -0.481 e. The molecule has 0 amide bonds. The second-order valence-electron chi connectivity index (χ2n) is 5.64. The summed E-state index contributed by atoms with van der Waals surface area (Å²) in [4.78, 5) is 15.8. The van der Waals surface area contributed by atoms with E-state index in [1.807, 2.05) is 26.0 Å². The normalized spacial score (nSPS) is 25.3. The summed E-state index contributed by atoms with van der Waals surface area (Å²) in [7, 11) is 0. The largest absolute Gasteiger partial charge is 0.481 e. The number of aliphatic carboxylic acids is 1. The van der Waals surface area contributed by atoms with Crippen LogP contribution in [0.4, 0.5) is 0 Å². The van der Waals surface area contributed by atoms with Crippen molar-refractivity contribution in [1.82, 2.24) is 4.98 Å². The van der Waals surface area contributed by atoms with Crippen LogP contribution in [0, 0.1) is 18.3 Å². The molecule has 3 nitrogen and oxygen atoms in total. The van der Waals surface area contributed by atoms with Gasteiger partial charge >= 0.3 is 5.97 Å². The molecule has 1 N–H and O–H groups in total. The molecule has 1 fully saturated rings. The van der Waals surface area contributed by atoms with Gasteiger partial charge in [0.15, 0.2) is 0 Å². The highest BCUT2D eigenvalue weighted by Crippen LogP contribution is 2.65. The summed E-state index contributed by atoms with van der Waals surface area (Å²) in [5.41, 5.74) is 2.02. The number of hydrogen-bond acceptors (Lipinski definition) is 3. The topological polar surface area (TPSA) is 50.2 Å². The maximum atomic E-state index is 11.2. The summed E-state index contributed by atoms with van der Waals surface area (Å²) < 4.78 is 1.15. The first-order valence-corrected chi connectivity index (χ1v) is 6.83. The van der Waals surface area contributed by atoms with Crippen LogP contribution in [0.2, 0.25) is 0 Å². The first-order valence-electron chi connectivity index (χ1n) is 6.01. The maximum Gasteiger partial charge on any atom is 0.307 e. The second kappa shape index (κ2) is 3.54. The molecule has 94 valence electrons. The Morgan fingerprint density at radius 3 is 2.78 bits per heavy atom. The van der Waals surface area contributed by atoms with E-state index in [0.29, 0.717) is 0 Å². The number of thiazole rings is 1. The van der Waals surface area contributed by atoms with Gasteiger partial charge in [-0.1, -0.05) is 19.9 Å². The Bertz CT molecular complexity index is 644. The van der Waals surface area contributed by atoms with Gasteiger partial charge in [0, 0.05) is 5.92 Å². The molecule has 0 spiro atoms. The van der Waals surface area contributed by atoms with Gasteiger partial charge in [0.05, 0.1) is 21.1 Å². The van der Waals surface area contributed by atoms with E-state index in [0.717, 1.165) is 15.2 Å². The highest BCUT2D eigenvalue weighted by atomic mass is 32.1. The number of fused-ring (bicyclic) bond motifs is 1. The Balaban J connectivity index is 2.04.